The highest BCUT2D eigenvalue weighted by Crippen LogP contribution is 2.22. The lowest BCUT2D eigenvalue weighted by Crippen LogP contribution is -2.15. The molecule has 0 aliphatic carbocycles. The van der Waals surface area contributed by atoms with E-state index in [-0.39, 0.29) is 5.91 Å². The van der Waals surface area contributed by atoms with E-state index in [9.17, 15) is 18.0 Å². The summed E-state index contributed by atoms with van der Waals surface area (Å²) >= 11 is 0. The van der Waals surface area contributed by atoms with Gasteiger partial charge in [-0.1, -0.05) is 0 Å². The Morgan fingerprint density at radius 2 is 1.91 bits per heavy atom. The second-order valence-corrected chi connectivity index (χ2v) is 2.50. The van der Waals surface area contributed by atoms with Gasteiger partial charge in [-0.05, 0) is 0 Å². The molecule has 1 amide bonds. The van der Waals surface area contributed by atoms with E-state index in [4.69, 9.17) is 0 Å². The Balaban J connectivity index is 2.16. The molecule has 2 nitrogen and oxygen atoms in total. The molecule has 0 spiro atoms. The molecule has 1 aliphatic rings. The lowest BCUT2D eigenvalue weighted by Gasteiger charge is -2.04. The second-order valence-electron chi connectivity index (χ2n) is 2.50. The van der Waals surface area contributed by atoms with Crippen molar-refractivity contribution in [1.29, 1.82) is 0 Å². The van der Waals surface area contributed by atoms with Gasteiger partial charge in [-0.3, -0.25) is 4.79 Å². The number of rotatable bonds is 2. The van der Waals surface area contributed by atoms with Crippen LogP contribution in [0.3, 0.4) is 0 Å². The van der Waals surface area contributed by atoms with Crippen molar-refractivity contribution in [2.45, 2.75) is 19.0 Å². The van der Waals surface area contributed by atoms with E-state index in [0.29, 0.717) is 13.1 Å². The molecule has 1 fully saturated rings. The van der Waals surface area contributed by atoms with Crippen LogP contribution >= 0.6 is 0 Å². The number of hydrogen-bond acceptors (Lipinski definition) is 1. The summed E-state index contributed by atoms with van der Waals surface area (Å²) in [4.78, 5) is 12.1. The molecule has 1 aliphatic heterocycles. The van der Waals surface area contributed by atoms with Gasteiger partial charge < -0.3 is 4.90 Å². The average molecular weight is 167 g/mol. The molecule has 0 bridgehead atoms. The van der Waals surface area contributed by atoms with E-state index < -0.39 is 19.0 Å². The third-order valence-corrected chi connectivity index (χ3v) is 1.42. The van der Waals surface area contributed by atoms with Gasteiger partial charge in [0.05, 0.1) is 6.42 Å². The molecule has 0 aromatic heterocycles. The van der Waals surface area contributed by atoms with Gasteiger partial charge in [0.25, 0.3) is 0 Å². The molecule has 64 valence electrons. The van der Waals surface area contributed by atoms with Crippen LogP contribution in [0.4, 0.5) is 13.2 Å². The first-order valence-electron chi connectivity index (χ1n) is 3.33. The Labute approximate surface area is 62.0 Å². The Morgan fingerprint density at radius 3 is 2.27 bits per heavy atom. The third kappa shape index (κ3) is 3.25. The molecule has 0 saturated carbocycles. The van der Waals surface area contributed by atoms with Crippen LogP contribution in [-0.2, 0) is 4.79 Å². The van der Waals surface area contributed by atoms with Gasteiger partial charge in [0.2, 0.25) is 5.91 Å². The van der Waals surface area contributed by atoms with Gasteiger partial charge in [-0.15, -0.1) is 0 Å². The summed E-state index contributed by atoms with van der Waals surface area (Å²) in [6.45, 7) is 1.24. The van der Waals surface area contributed by atoms with E-state index in [0.717, 1.165) is 0 Å². The highest BCUT2D eigenvalue weighted by Gasteiger charge is 2.31. The van der Waals surface area contributed by atoms with Gasteiger partial charge in [0, 0.05) is 19.5 Å². The van der Waals surface area contributed by atoms with Crippen LogP contribution in [0, 0.1) is 0 Å². The van der Waals surface area contributed by atoms with Crippen LogP contribution in [-0.4, -0.2) is 30.1 Å². The predicted octanol–water partition coefficient (Wildman–Crippen LogP) is 1.17. The minimum atomic E-state index is -4.20. The highest BCUT2D eigenvalue weighted by molar-refractivity contribution is 5.78. The maximum absolute atomic E-state index is 11.5. The number of carbonyl (C=O) groups is 1. The average Bonchev–Trinajstić information content (AvgIpc) is 2.61. The maximum atomic E-state index is 11.5. The molecule has 0 aromatic rings. The van der Waals surface area contributed by atoms with Crippen LogP contribution in [0.15, 0.2) is 0 Å². The zero-order chi connectivity index (χ0) is 8.48. The fraction of sp³-hybridized carbons (Fsp3) is 0.833. The van der Waals surface area contributed by atoms with E-state index in [1.165, 1.54) is 4.90 Å². The van der Waals surface area contributed by atoms with Crippen molar-refractivity contribution in [3.05, 3.63) is 0 Å². The number of hydrogen-bond donors (Lipinski definition) is 0. The van der Waals surface area contributed by atoms with Crippen molar-refractivity contribution < 1.29 is 18.0 Å². The van der Waals surface area contributed by atoms with Crippen LogP contribution in [0.25, 0.3) is 0 Å². The molecular weight excluding hydrogens is 159 g/mol. The minimum absolute atomic E-state index is 0.387. The van der Waals surface area contributed by atoms with Crippen molar-refractivity contribution in [3.8, 4) is 0 Å². The zero-order valence-corrected chi connectivity index (χ0v) is 5.82. The number of carbonyl (C=O) groups excluding carboxylic acids is 1. The quantitative estimate of drug-likeness (QED) is 0.565. The van der Waals surface area contributed by atoms with E-state index in [2.05, 4.69) is 0 Å². The van der Waals surface area contributed by atoms with Gasteiger partial charge in [0.1, 0.15) is 0 Å². The van der Waals surface area contributed by atoms with Crippen molar-refractivity contribution in [1.82, 2.24) is 4.90 Å². The Kier molecular flexibility index (Phi) is 2.06. The topological polar surface area (TPSA) is 20.1 Å². The summed E-state index contributed by atoms with van der Waals surface area (Å²) < 4.78 is 34.6. The predicted molar refractivity (Wildman–Crippen MR) is 31.9 cm³/mol. The fourth-order valence-corrected chi connectivity index (χ4v) is 0.706. The molecule has 5 heteroatoms. The normalized spacial score (nSPS) is 16.8. The summed E-state index contributed by atoms with van der Waals surface area (Å²) in [6, 6.07) is 0. The molecule has 1 saturated heterocycles. The largest absolute Gasteiger partial charge is 0.389 e. The molecule has 0 N–H and O–H groups in total. The van der Waals surface area contributed by atoms with Crippen molar-refractivity contribution in [2.24, 2.45) is 0 Å². The summed E-state index contributed by atoms with van der Waals surface area (Å²) in [6.07, 6.45) is -5.60. The Morgan fingerprint density at radius 1 is 1.36 bits per heavy atom. The number of alkyl halides is 3. The fourth-order valence-electron chi connectivity index (χ4n) is 0.706. The lowest BCUT2D eigenvalue weighted by atomic mass is 10.3. The van der Waals surface area contributed by atoms with Crippen molar-refractivity contribution >= 4 is 5.91 Å². The van der Waals surface area contributed by atoms with Gasteiger partial charge in [0.15, 0.2) is 0 Å². The summed E-state index contributed by atoms with van der Waals surface area (Å²) in [5.74, 6) is -0.387. The highest BCUT2D eigenvalue weighted by atomic mass is 19.4. The standard InChI is InChI=1S/C6H8F3NO/c7-6(8,9)2-1-5(11)10-3-4-10/h1-4H2. The van der Waals surface area contributed by atoms with Crippen LogP contribution in [0.5, 0.6) is 0 Å². The van der Waals surface area contributed by atoms with Gasteiger partial charge in [-0.2, -0.15) is 13.2 Å². The smallest absolute Gasteiger partial charge is 0.339 e. The SMILES string of the molecule is O=C(CCC(F)(F)F)N1CC1. The van der Waals surface area contributed by atoms with Crippen molar-refractivity contribution in [2.75, 3.05) is 13.1 Å². The first-order chi connectivity index (χ1) is 4.99. The van der Waals surface area contributed by atoms with Gasteiger partial charge >= 0.3 is 6.18 Å². The third-order valence-electron chi connectivity index (χ3n) is 1.42. The van der Waals surface area contributed by atoms with Crippen molar-refractivity contribution in [3.63, 3.8) is 0 Å². The summed E-state index contributed by atoms with van der Waals surface area (Å²) in [5.41, 5.74) is 0. The molecule has 1 rings (SSSR count). The van der Waals surface area contributed by atoms with Crippen LogP contribution < -0.4 is 0 Å². The Bertz CT molecular complexity index is 162. The van der Waals surface area contributed by atoms with Crippen LogP contribution in [0.1, 0.15) is 12.8 Å². The van der Waals surface area contributed by atoms with E-state index in [1.807, 2.05) is 0 Å². The first kappa shape index (κ1) is 8.36. The van der Waals surface area contributed by atoms with Crippen LogP contribution in [0.2, 0.25) is 0 Å². The molecule has 0 atom stereocenters. The monoisotopic (exact) mass is 167 g/mol. The molecule has 0 aromatic carbocycles. The number of nitrogens with zero attached hydrogens (tertiary/aromatic N) is 1. The minimum Gasteiger partial charge on any atom is -0.339 e. The molecule has 11 heavy (non-hydrogen) atoms. The maximum Gasteiger partial charge on any atom is 0.389 e. The zero-order valence-electron chi connectivity index (χ0n) is 5.82. The molecular formula is C6H8F3NO. The lowest BCUT2D eigenvalue weighted by molar-refractivity contribution is -0.146. The van der Waals surface area contributed by atoms with E-state index in [1.54, 1.807) is 0 Å². The number of halogens is 3. The second kappa shape index (κ2) is 2.71. The molecule has 1 heterocycles. The first-order valence-corrected chi connectivity index (χ1v) is 3.33. The summed E-state index contributed by atoms with van der Waals surface area (Å²) in [5, 5.41) is 0. The number of amides is 1. The molecule has 0 unspecified atom stereocenters. The van der Waals surface area contributed by atoms with Gasteiger partial charge in [-0.25, -0.2) is 0 Å². The molecule has 0 radical (unpaired) electrons. The summed E-state index contributed by atoms with van der Waals surface area (Å²) in [7, 11) is 0. The van der Waals surface area contributed by atoms with E-state index >= 15 is 0 Å². The Hall–Kier alpha value is -0.740.